The summed E-state index contributed by atoms with van der Waals surface area (Å²) in [5, 5.41) is 6.83. The third-order valence-corrected chi connectivity index (χ3v) is 6.16. The fourth-order valence-electron chi connectivity index (χ4n) is 3.18. The number of thioether (sulfide) groups is 1. The van der Waals surface area contributed by atoms with Crippen LogP contribution in [0.2, 0.25) is 5.02 Å². The Balaban J connectivity index is 1.79. The van der Waals surface area contributed by atoms with E-state index in [4.69, 9.17) is 16.3 Å². The van der Waals surface area contributed by atoms with E-state index in [1.165, 1.54) is 11.8 Å². The molecule has 8 heteroatoms. The van der Waals surface area contributed by atoms with Crippen molar-refractivity contribution in [2.45, 2.75) is 25.8 Å². The van der Waals surface area contributed by atoms with Crippen LogP contribution in [-0.2, 0) is 4.79 Å². The quantitative estimate of drug-likeness (QED) is 0.437. The van der Waals surface area contributed by atoms with Crippen molar-refractivity contribution in [1.82, 2.24) is 4.98 Å². The van der Waals surface area contributed by atoms with Gasteiger partial charge in [0.1, 0.15) is 10.8 Å². The van der Waals surface area contributed by atoms with E-state index in [9.17, 15) is 9.59 Å². The molecule has 0 saturated heterocycles. The molecule has 0 aliphatic carbocycles. The first-order chi connectivity index (χ1) is 15.3. The SMILES string of the molecule is COc1ccccc1NC(=O)c1c(C)cc(C)nc1SCC(=O)Nc1cccc(Cl)c1C. The van der Waals surface area contributed by atoms with E-state index in [0.29, 0.717) is 32.7 Å². The maximum absolute atomic E-state index is 13.1. The number of methoxy groups -OCH3 is 1. The second-order valence-corrected chi connectivity index (χ2v) is 8.54. The molecule has 0 aliphatic rings. The lowest BCUT2D eigenvalue weighted by Gasteiger charge is -2.15. The van der Waals surface area contributed by atoms with Crippen LogP contribution in [0, 0.1) is 20.8 Å². The molecule has 6 nitrogen and oxygen atoms in total. The molecule has 1 aromatic heterocycles. The molecular weight excluding hydrogens is 446 g/mol. The fraction of sp³-hybridized carbons (Fsp3) is 0.208. The van der Waals surface area contributed by atoms with E-state index in [1.54, 1.807) is 37.4 Å². The molecule has 0 fully saturated rings. The summed E-state index contributed by atoms with van der Waals surface area (Å²) in [5.74, 6) is 0.131. The normalized spacial score (nSPS) is 10.5. The van der Waals surface area contributed by atoms with Gasteiger partial charge in [0, 0.05) is 16.4 Å². The van der Waals surface area contributed by atoms with Gasteiger partial charge in [0.2, 0.25) is 5.91 Å². The first-order valence-electron chi connectivity index (χ1n) is 9.90. The third-order valence-electron chi connectivity index (χ3n) is 4.78. The number of nitrogens with zero attached hydrogens (tertiary/aromatic N) is 1. The van der Waals surface area contributed by atoms with Crippen molar-refractivity contribution >= 4 is 46.6 Å². The number of pyridine rings is 1. The molecule has 0 bridgehead atoms. The average Bonchev–Trinajstić information content (AvgIpc) is 2.75. The van der Waals surface area contributed by atoms with Crippen LogP contribution in [0.5, 0.6) is 5.75 Å². The second-order valence-electron chi connectivity index (χ2n) is 7.16. The molecule has 2 N–H and O–H groups in total. The number of nitrogens with one attached hydrogen (secondary N) is 2. The Hall–Kier alpha value is -3.03. The predicted molar refractivity (Wildman–Crippen MR) is 130 cm³/mol. The van der Waals surface area contributed by atoms with E-state index in [0.717, 1.165) is 16.8 Å². The molecule has 0 aliphatic heterocycles. The Bertz CT molecular complexity index is 1170. The van der Waals surface area contributed by atoms with Gasteiger partial charge >= 0.3 is 0 Å². The van der Waals surface area contributed by atoms with Crippen molar-refractivity contribution < 1.29 is 14.3 Å². The number of amides is 2. The number of benzene rings is 2. The number of hydrogen-bond donors (Lipinski definition) is 2. The second kappa shape index (κ2) is 10.5. The van der Waals surface area contributed by atoms with E-state index in [-0.39, 0.29) is 17.6 Å². The van der Waals surface area contributed by atoms with Crippen LogP contribution in [-0.4, -0.2) is 29.7 Å². The predicted octanol–water partition coefficient (Wildman–Crippen LogP) is 5.65. The number of para-hydroxylation sites is 2. The maximum Gasteiger partial charge on any atom is 0.258 e. The summed E-state index contributed by atoms with van der Waals surface area (Å²) in [4.78, 5) is 30.2. The Morgan fingerprint density at radius 1 is 1.03 bits per heavy atom. The van der Waals surface area contributed by atoms with Gasteiger partial charge in [-0.2, -0.15) is 0 Å². The highest BCUT2D eigenvalue weighted by Gasteiger charge is 2.20. The van der Waals surface area contributed by atoms with Crippen molar-refractivity contribution in [1.29, 1.82) is 0 Å². The number of anilines is 2. The lowest BCUT2D eigenvalue weighted by molar-refractivity contribution is -0.113. The number of hydrogen-bond acceptors (Lipinski definition) is 5. The highest BCUT2D eigenvalue weighted by molar-refractivity contribution is 8.00. The summed E-state index contributed by atoms with van der Waals surface area (Å²) in [7, 11) is 1.55. The van der Waals surface area contributed by atoms with Gasteiger partial charge in [0.25, 0.3) is 5.91 Å². The van der Waals surface area contributed by atoms with Gasteiger partial charge in [-0.05, 0) is 62.2 Å². The highest BCUT2D eigenvalue weighted by atomic mass is 35.5. The molecule has 1 heterocycles. The standard InChI is InChI=1S/C24H24ClN3O3S/c1-14-12-15(2)26-24(22(14)23(30)28-19-9-5-6-11-20(19)31-4)32-13-21(29)27-18-10-7-8-17(25)16(18)3/h5-12H,13H2,1-4H3,(H,27,29)(H,28,30). The number of halogens is 1. The minimum Gasteiger partial charge on any atom is -0.495 e. The van der Waals surface area contributed by atoms with Crippen molar-refractivity contribution in [3.05, 3.63) is 75.9 Å². The number of carbonyl (C=O) groups is 2. The van der Waals surface area contributed by atoms with E-state index in [1.807, 2.05) is 39.0 Å². The van der Waals surface area contributed by atoms with Crippen molar-refractivity contribution in [3.8, 4) is 5.75 Å². The summed E-state index contributed by atoms with van der Waals surface area (Å²) in [6.07, 6.45) is 0. The third kappa shape index (κ3) is 5.60. The molecule has 0 unspecified atom stereocenters. The number of aromatic nitrogens is 1. The number of ether oxygens (including phenoxy) is 1. The van der Waals surface area contributed by atoms with Crippen LogP contribution in [0.25, 0.3) is 0 Å². The monoisotopic (exact) mass is 469 g/mol. The summed E-state index contributed by atoms with van der Waals surface area (Å²) in [5.41, 5.74) is 3.99. The Labute approximate surface area is 196 Å². The Kier molecular flexibility index (Phi) is 7.77. The fourth-order valence-corrected chi connectivity index (χ4v) is 4.30. The first kappa shape index (κ1) is 23.6. The van der Waals surface area contributed by atoms with Gasteiger partial charge in [-0.25, -0.2) is 4.98 Å². The number of carbonyl (C=O) groups excluding carboxylic acids is 2. The van der Waals surface area contributed by atoms with Crippen LogP contribution < -0.4 is 15.4 Å². The van der Waals surface area contributed by atoms with Crippen LogP contribution in [0.15, 0.2) is 53.6 Å². The zero-order valence-electron chi connectivity index (χ0n) is 18.3. The highest BCUT2D eigenvalue weighted by Crippen LogP contribution is 2.29. The molecule has 2 amide bonds. The van der Waals surface area contributed by atoms with Crippen LogP contribution in [0.3, 0.4) is 0 Å². The van der Waals surface area contributed by atoms with Crippen molar-refractivity contribution in [3.63, 3.8) is 0 Å². The lowest BCUT2D eigenvalue weighted by atomic mass is 10.1. The molecule has 32 heavy (non-hydrogen) atoms. The van der Waals surface area contributed by atoms with Gasteiger partial charge in [0.05, 0.1) is 24.1 Å². The molecule has 0 saturated carbocycles. The molecular formula is C24H24ClN3O3S. The summed E-state index contributed by atoms with van der Waals surface area (Å²) in [6.45, 7) is 5.55. The van der Waals surface area contributed by atoms with Gasteiger partial charge in [-0.3, -0.25) is 9.59 Å². The van der Waals surface area contributed by atoms with Gasteiger partial charge in [-0.1, -0.05) is 41.6 Å². The molecule has 2 aromatic carbocycles. The van der Waals surface area contributed by atoms with Crippen LogP contribution >= 0.6 is 23.4 Å². The van der Waals surface area contributed by atoms with Gasteiger partial charge in [0.15, 0.2) is 0 Å². The molecule has 3 aromatic rings. The van der Waals surface area contributed by atoms with E-state index >= 15 is 0 Å². The van der Waals surface area contributed by atoms with E-state index in [2.05, 4.69) is 15.6 Å². The average molecular weight is 470 g/mol. The largest absolute Gasteiger partial charge is 0.495 e. The smallest absolute Gasteiger partial charge is 0.258 e. The maximum atomic E-state index is 13.1. The first-order valence-corrected chi connectivity index (χ1v) is 11.3. The summed E-state index contributed by atoms with van der Waals surface area (Å²) >= 11 is 7.34. The molecule has 0 spiro atoms. The molecule has 0 radical (unpaired) electrons. The Morgan fingerprint density at radius 3 is 2.50 bits per heavy atom. The topological polar surface area (TPSA) is 80.3 Å². The van der Waals surface area contributed by atoms with E-state index < -0.39 is 0 Å². The minimum atomic E-state index is -0.312. The van der Waals surface area contributed by atoms with Gasteiger partial charge < -0.3 is 15.4 Å². The minimum absolute atomic E-state index is 0.0940. The number of aryl methyl sites for hydroxylation is 2. The zero-order valence-corrected chi connectivity index (χ0v) is 19.9. The van der Waals surface area contributed by atoms with Crippen LogP contribution in [0.1, 0.15) is 27.2 Å². The molecule has 0 atom stereocenters. The zero-order chi connectivity index (χ0) is 23.3. The molecule has 3 rings (SSSR count). The Morgan fingerprint density at radius 2 is 1.75 bits per heavy atom. The molecule has 166 valence electrons. The summed E-state index contributed by atoms with van der Waals surface area (Å²) in [6, 6.07) is 14.4. The van der Waals surface area contributed by atoms with Crippen LogP contribution in [0.4, 0.5) is 11.4 Å². The van der Waals surface area contributed by atoms with Crippen molar-refractivity contribution in [2.75, 3.05) is 23.5 Å². The lowest BCUT2D eigenvalue weighted by Crippen LogP contribution is -2.18. The van der Waals surface area contributed by atoms with Crippen molar-refractivity contribution in [2.24, 2.45) is 0 Å². The number of rotatable bonds is 7. The summed E-state index contributed by atoms with van der Waals surface area (Å²) < 4.78 is 5.32. The van der Waals surface area contributed by atoms with Gasteiger partial charge in [-0.15, -0.1) is 0 Å².